The van der Waals surface area contributed by atoms with Crippen molar-refractivity contribution >= 4 is 11.3 Å². The molecule has 4 unspecified atom stereocenters. The van der Waals surface area contributed by atoms with Gasteiger partial charge in [-0.3, -0.25) is 9.80 Å². The Bertz CT molecular complexity index is 1650. The maximum Gasteiger partial charge on any atom is 0.212 e. The Balaban J connectivity index is 0.963. The van der Waals surface area contributed by atoms with Gasteiger partial charge in [0.1, 0.15) is 24.2 Å². The lowest BCUT2D eigenvalue weighted by molar-refractivity contribution is -0.181. The lowest BCUT2D eigenvalue weighted by Crippen LogP contribution is -2.57. The molecule has 0 N–H and O–H groups in total. The van der Waals surface area contributed by atoms with Crippen LogP contribution in [0.15, 0.2) is 55.1 Å². The van der Waals surface area contributed by atoms with E-state index < -0.39 is 0 Å². The molecule has 9 heterocycles. The predicted molar refractivity (Wildman–Crippen MR) is 159 cm³/mol. The number of fused-ring (bicyclic) bond motifs is 5. The molecule has 0 amide bonds. The highest BCUT2D eigenvalue weighted by Gasteiger charge is 2.43. The highest BCUT2D eigenvalue weighted by atomic mass is 16.5. The summed E-state index contributed by atoms with van der Waals surface area (Å²) in [4.78, 5) is 16.7. The normalized spacial score (nSPS) is 24.7. The SMILES string of the molecule is COc1ccc(CN2CC3CC2CN3c2ccc(-c3cc(OCCN4CC5CC(C4)O5)cn4ncc(C#N)c34)cn2)cn1. The summed E-state index contributed by atoms with van der Waals surface area (Å²) < 4.78 is 18.9. The lowest BCUT2D eigenvalue weighted by atomic mass is 9.99. The summed E-state index contributed by atoms with van der Waals surface area (Å²) in [5.74, 6) is 2.36. The van der Waals surface area contributed by atoms with E-state index in [1.165, 1.54) is 12.0 Å². The minimum absolute atomic E-state index is 0.386. The minimum atomic E-state index is 0.386. The summed E-state index contributed by atoms with van der Waals surface area (Å²) >= 11 is 0. The maximum atomic E-state index is 9.78. The van der Waals surface area contributed by atoms with Crippen molar-refractivity contribution in [1.29, 1.82) is 5.26 Å². The quantitative estimate of drug-likeness (QED) is 0.294. The van der Waals surface area contributed by atoms with Crippen LogP contribution < -0.4 is 14.4 Å². The van der Waals surface area contributed by atoms with E-state index in [0.29, 0.717) is 42.3 Å². The van der Waals surface area contributed by atoms with Crippen LogP contribution in [-0.4, -0.2) is 100 Å². The Hall–Kier alpha value is -4.24. The largest absolute Gasteiger partial charge is 0.491 e. The molecule has 4 aromatic rings. The molecule has 5 saturated heterocycles. The van der Waals surface area contributed by atoms with Crippen molar-refractivity contribution in [3.63, 3.8) is 0 Å². The third-order valence-corrected chi connectivity index (χ3v) is 9.32. The van der Waals surface area contributed by atoms with Gasteiger partial charge in [-0.15, -0.1) is 0 Å². The number of nitrogens with zero attached hydrogens (tertiary/aromatic N) is 8. The van der Waals surface area contributed by atoms with E-state index in [0.717, 1.165) is 73.9 Å². The average Bonchev–Trinajstić information content (AvgIpc) is 3.75. The van der Waals surface area contributed by atoms with E-state index in [1.54, 1.807) is 17.8 Å². The number of hydrogen-bond donors (Lipinski definition) is 0. The van der Waals surface area contributed by atoms with Crippen molar-refractivity contribution in [2.75, 3.05) is 51.3 Å². The van der Waals surface area contributed by atoms with Crippen LogP contribution >= 0.6 is 0 Å². The van der Waals surface area contributed by atoms with Gasteiger partial charge in [0.05, 0.1) is 42.8 Å². The molecule has 11 heteroatoms. The fourth-order valence-corrected chi connectivity index (χ4v) is 7.19. The molecule has 5 aliphatic heterocycles. The standard InChI is InChI=1S/C32H34N8O3/c1-41-31-5-2-21(12-35-31)15-38-16-25-8-24(38)17-39(25)30-4-3-22(13-34-30)29-10-26(20-40-32(29)23(11-33)14-36-40)42-7-6-37-18-27-9-28(19-37)43-27/h2-5,10,12-14,20,24-25,27-28H,6-9,15-19H2,1H3. The minimum Gasteiger partial charge on any atom is -0.491 e. The van der Waals surface area contributed by atoms with Crippen LogP contribution in [0.4, 0.5) is 5.82 Å². The molecule has 0 saturated carbocycles. The summed E-state index contributed by atoms with van der Waals surface area (Å²) in [6.07, 6.45) is 10.4. The molecular weight excluding hydrogens is 544 g/mol. The average molecular weight is 579 g/mol. The third-order valence-electron chi connectivity index (χ3n) is 9.32. The second-order valence-electron chi connectivity index (χ2n) is 12.0. The summed E-state index contributed by atoms with van der Waals surface area (Å²) in [7, 11) is 1.64. The van der Waals surface area contributed by atoms with Gasteiger partial charge in [0.15, 0.2) is 0 Å². The monoisotopic (exact) mass is 578 g/mol. The molecule has 4 aromatic heterocycles. The third kappa shape index (κ3) is 4.95. The molecule has 5 fully saturated rings. The molecular formula is C32H34N8O3. The Morgan fingerprint density at radius 3 is 2.58 bits per heavy atom. The molecule has 0 radical (unpaired) electrons. The number of morpholine rings is 1. The molecule has 43 heavy (non-hydrogen) atoms. The smallest absolute Gasteiger partial charge is 0.212 e. The van der Waals surface area contributed by atoms with Gasteiger partial charge in [-0.05, 0) is 30.2 Å². The van der Waals surface area contributed by atoms with Crippen LogP contribution in [0.1, 0.15) is 24.0 Å². The van der Waals surface area contributed by atoms with Gasteiger partial charge in [0, 0.05) is 87.4 Å². The fraction of sp³-hybridized carbons (Fsp3) is 0.438. The van der Waals surface area contributed by atoms with Gasteiger partial charge in [-0.1, -0.05) is 6.07 Å². The van der Waals surface area contributed by atoms with Crippen molar-refractivity contribution in [3.8, 4) is 28.8 Å². The first kappa shape index (κ1) is 26.4. The summed E-state index contributed by atoms with van der Waals surface area (Å²) in [6, 6.07) is 13.5. The summed E-state index contributed by atoms with van der Waals surface area (Å²) in [5.41, 5.74) is 4.32. The Morgan fingerprint density at radius 1 is 1.00 bits per heavy atom. The van der Waals surface area contributed by atoms with Crippen LogP contribution in [0, 0.1) is 11.3 Å². The van der Waals surface area contributed by atoms with E-state index >= 15 is 0 Å². The molecule has 4 atom stereocenters. The van der Waals surface area contributed by atoms with E-state index in [9.17, 15) is 5.26 Å². The van der Waals surface area contributed by atoms with Crippen molar-refractivity contribution in [3.05, 3.63) is 66.2 Å². The van der Waals surface area contributed by atoms with Crippen LogP contribution in [0.2, 0.25) is 0 Å². The first-order chi connectivity index (χ1) is 21.1. The Labute approximate surface area is 250 Å². The number of hydrogen-bond acceptors (Lipinski definition) is 10. The number of likely N-dealkylation sites (tertiary alicyclic amines) is 1. The zero-order chi connectivity index (χ0) is 28.9. The van der Waals surface area contributed by atoms with Gasteiger partial charge in [0.25, 0.3) is 0 Å². The van der Waals surface area contributed by atoms with E-state index in [4.69, 9.17) is 19.2 Å². The second-order valence-corrected chi connectivity index (χ2v) is 12.0. The predicted octanol–water partition coefficient (Wildman–Crippen LogP) is 2.99. The number of piperazine rings is 1. The number of rotatable bonds is 9. The van der Waals surface area contributed by atoms with Crippen molar-refractivity contribution in [2.24, 2.45) is 0 Å². The molecule has 11 nitrogen and oxygen atoms in total. The number of ether oxygens (including phenoxy) is 3. The van der Waals surface area contributed by atoms with Crippen LogP contribution in [0.5, 0.6) is 11.6 Å². The van der Waals surface area contributed by atoms with Gasteiger partial charge >= 0.3 is 0 Å². The number of nitriles is 1. The molecule has 0 aliphatic carbocycles. The molecule has 5 aliphatic rings. The lowest BCUT2D eigenvalue weighted by Gasteiger charge is -2.47. The fourth-order valence-electron chi connectivity index (χ4n) is 7.19. The van der Waals surface area contributed by atoms with Crippen LogP contribution in [0.25, 0.3) is 16.6 Å². The van der Waals surface area contributed by atoms with E-state index in [-0.39, 0.29) is 0 Å². The van der Waals surface area contributed by atoms with Gasteiger partial charge in [-0.2, -0.15) is 10.4 Å². The second kappa shape index (κ2) is 10.8. The topological polar surface area (TPSA) is 104 Å². The molecule has 4 bridgehead atoms. The first-order valence-electron chi connectivity index (χ1n) is 15.0. The Kier molecular flexibility index (Phi) is 6.62. The number of methoxy groups -OCH3 is 1. The van der Waals surface area contributed by atoms with Crippen molar-refractivity contribution in [1.82, 2.24) is 29.4 Å². The molecule has 0 spiro atoms. The van der Waals surface area contributed by atoms with Crippen LogP contribution in [-0.2, 0) is 11.3 Å². The molecule has 220 valence electrons. The number of anilines is 1. The zero-order valence-electron chi connectivity index (χ0n) is 24.2. The highest BCUT2D eigenvalue weighted by molar-refractivity contribution is 5.85. The highest BCUT2D eigenvalue weighted by Crippen LogP contribution is 2.36. The van der Waals surface area contributed by atoms with E-state index in [1.807, 2.05) is 30.7 Å². The Morgan fingerprint density at radius 2 is 1.88 bits per heavy atom. The van der Waals surface area contributed by atoms with Crippen molar-refractivity contribution in [2.45, 2.75) is 43.7 Å². The van der Waals surface area contributed by atoms with Gasteiger partial charge in [-0.25, -0.2) is 14.5 Å². The van der Waals surface area contributed by atoms with Gasteiger partial charge in [0.2, 0.25) is 5.88 Å². The molecule has 9 rings (SSSR count). The summed E-state index contributed by atoms with van der Waals surface area (Å²) in [6.45, 7) is 6.25. The molecule has 0 aromatic carbocycles. The maximum absolute atomic E-state index is 9.78. The van der Waals surface area contributed by atoms with Crippen molar-refractivity contribution < 1.29 is 14.2 Å². The first-order valence-corrected chi connectivity index (χ1v) is 15.0. The van der Waals surface area contributed by atoms with Crippen LogP contribution in [0.3, 0.4) is 0 Å². The number of pyridine rings is 3. The van der Waals surface area contributed by atoms with E-state index in [2.05, 4.69) is 49.1 Å². The van der Waals surface area contributed by atoms with Gasteiger partial charge < -0.3 is 19.1 Å². The zero-order valence-corrected chi connectivity index (χ0v) is 24.2. The number of piperidine rings is 1. The number of aromatic nitrogens is 4. The summed E-state index contributed by atoms with van der Waals surface area (Å²) in [5, 5.41) is 14.2.